The topological polar surface area (TPSA) is 84.6 Å². The molecule has 0 unspecified atom stereocenters. The van der Waals surface area contributed by atoms with Crippen molar-refractivity contribution in [3.8, 4) is 28.7 Å². The number of hydrogen-bond donors (Lipinski definition) is 0. The number of pyridine rings is 1. The molecular weight excluding hydrogens is 418 g/mol. The number of nitrogens with zero attached hydrogens (tertiary/aromatic N) is 5. The van der Waals surface area contributed by atoms with Crippen LogP contribution in [0.15, 0.2) is 77.3 Å². The monoisotopic (exact) mass is 441 g/mol. The number of carbonyl (C=O) groups excluding carboxylic acids is 1. The first-order valence-electron chi connectivity index (χ1n) is 10.8. The molecule has 1 aliphatic heterocycles. The van der Waals surface area contributed by atoms with Crippen molar-refractivity contribution in [2.75, 3.05) is 38.2 Å². The summed E-state index contributed by atoms with van der Waals surface area (Å²) in [7, 11) is 1.63. The highest BCUT2D eigenvalue weighted by Crippen LogP contribution is 2.31. The van der Waals surface area contributed by atoms with Crippen LogP contribution in [-0.4, -0.2) is 59.3 Å². The zero-order valence-corrected chi connectivity index (χ0v) is 18.2. The summed E-state index contributed by atoms with van der Waals surface area (Å²) in [6.45, 7) is 2.57. The SMILES string of the molecule is COc1ccc(-c2nnc(-c3cccnc3N3CCN(C(=O)c4ccccc4)CC3)o2)cc1. The first-order chi connectivity index (χ1) is 16.2. The van der Waals surface area contributed by atoms with Crippen LogP contribution in [0, 0.1) is 0 Å². The highest BCUT2D eigenvalue weighted by atomic mass is 16.5. The van der Waals surface area contributed by atoms with Crippen LogP contribution in [0.2, 0.25) is 0 Å². The number of benzene rings is 2. The molecule has 0 radical (unpaired) electrons. The van der Waals surface area contributed by atoms with Crippen molar-refractivity contribution in [3.63, 3.8) is 0 Å². The minimum atomic E-state index is 0.0533. The Labute approximate surface area is 191 Å². The van der Waals surface area contributed by atoms with E-state index in [4.69, 9.17) is 9.15 Å². The smallest absolute Gasteiger partial charge is 0.253 e. The molecule has 0 atom stereocenters. The molecular formula is C25H23N5O3. The number of anilines is 1. The summed E-state index contributed by atoms with van der Waals surface area (Å²) in [5.74, 6) is 2.43. The number of rotatable bonds is 5. The summed E-state index contributed by atoms with van der Waals surface area (Å²) in [5, 5.41) is 8.48. The molecule has 166 valence electrons. The third-order valence-electron chi connectivity index (χ3n) is 5.67. The molecule has 4 aromatic rings. The second-order valence-electron chi connectivity index (χ2n) is 7.66. The third-order valence-corrected chi connectivity index (χ3v) is 5.67. The van der Waals surface area contributed by atoms with Crippen LogP contribution in [-0.2, 0) is 0 Å². The van der Waals surface area contributed by atoms with Crippen molar-refractivity contribution in [1.29, 1.82) is 0 Å². The van der Waals surface area contributed by atoms with E-state index in [0.717, 1.165) is 22.7 Å². The van der Waals surface area contributed by atoms with Gasteiger partial charge in [-0.05, 0) is 48.5 Å². The van der Waals surface area contributed by atoms with Gasteiger partial charge in [-0.25, -0.2) is 4.98 Å². The molecule has 0 saturated carbocycles. The Hall–Kier alpha value is -4.20. The predicted octanol–water partition coefficient (Wildman–Crippen LogP) is 3.77. The number of carbonyl (C=O) groups is 1. The minimum Gasteiger partial charge on any atom is -0.497 e. The van der Waals surface area contributed by atoms with Crippen LogP contribution in [0.1, 0.15) is 10.4 Å². The maximum absolute atomic E-state index is 12.8. The minimum absolute atomic E-state index is 0.0533. The maximum Gasteiger partial charge on any atom is 0.253 e. The van der Waals surface area contributed by atoms with E-state index in [2.05, 4.69) is 20.1 Å². The predicted molar refractivity (Wildman–Crippen MR) is 124 cm³/mol. The van der Waals surface area contributed by atoms with Crippen molar-refractivity contribution in [2.45, 2.75) is 0 Å². The standard InChI is InChI=1S/C25H23N5O3/c1-32-20-11-9-18(10-12-20)23-27-28-24(33-23)21-8-5-13-26-22(21)29-14-16-30(17-15-29)25(31)19-6-3-2-4-7-19/h2-13H,14-17H2,1H3. The molecule has 8 nitrogen and oxygen atoms in total. The van der Waals surface area contributed by atoms with E-state index in [1.54, 1.807) is 13.3 Å². The molecule has 33 heavy (non-hydrogen) atoms. The van der Waals surface area contributed by atoms with Gasteiger partial charge in [0.05, 0.1) is 12.7 Å². The van der Waals surface area contributed by atoms with Gasteiger partial charge in [0.2, 0.25) is 5.89 Å². The largest absolute Gasteiger partial charge is 0.497 e. The Morgan fingerprint density at radius 1 is 0.879 bits per heavy atom. The zero-order chi connectivity index (χ0) is 22.6. The molecule has 8 heteroatoms. The van der Waals surface area contributed by atoms with Crippen molar-refractivity contribution in [3.05, 3.63) is 78.5 Å². The summed E-state index contributed by atoms with van der Waals surface area (Å²) in [5.41, 5.74) is 2.29. The van der Waals surface area contributed by atoms with Crippen LogP contribution in [0.25, 0.3) is 22.9 Å². The molecule has 2 aromatic heterocycles. The van der Waals surface area contributed by atoms with Crippen molar-refractivity contribution in [2.24, 2.45) is 0 Å². The Morgan fingerprint density at radius 3 is 2.33 bits per heavy atom. The molecule has 0 bridgehead atoms. The molecule has 3 heterocycles. The Kier molecular flexibility index (Phi) is 5.72. The number of methoxy groups -OCH3 is 1. The van der Waals surface area contributed by atoms with Gasteiger partial charge >= 0.3 is 0 Å². The fraction of sp³-hybridized carbons (Fsp3) is 0.200. The molecule has 0 N–H and O–H groups in total. The van der Waals surface area contributed by atoms with Gasteiger partial charge in [0, 0.05) is 43.5 Å². The van der Waals surface area contributed by atoms with E-state index in [1.807, 2.05) is 71.6 Å². The zero-order valence-electron chi connectivity index (χ0n) is 18.2. The van der Waals surface area contributed by atoms with Gasteiger partial charge < -0.3 is 19.0 Å². The lowest BCUT2D eigenvalue weighted by Crippen LogP contribution is -2.49. The van der Waals surface area contributed by atoms with E-state index in [9.17, 15) is 4.79 Å². The highest BCUT2D eigenvalue weighted by Gasteiger charge is 2.25. The lowest BCUT2D eigenvalue weighted by Gasteiger charge is -2.36. The number of hydrogen-bond acceptors (Lipinski definition) is 7. The third kappa shape index (κ3) is 4.27. The summed E-state index contributed by atoms with van der Waals surface area (Å²) in [4.78, 5) is 21.4. The Morgan fingerprint density at radius 2 is 1.61 bits per heavy atom. The second-order valence-corrected chi connectivity index (χ2v) is 7.66. The summed E-state index contributed by atoms with van der Waals surface area (Å²) < 4.78 is 11.2. The van der Waals surface area contributed by atoms with Crippen LogP contribution in [0.3, 0.4) is 0 Å². The quantitative estimate of drug-likeness (QED) is 0.466. The van der Waals surface area contributed by atoms with Crippen molar-refractivity contribution < 1.29 is 13.9 Å². The maximum atomic E-state index is 12.8. The van der Waals surface area contributed by atoms with Gasteiger partial charge in [-0.3, -0.25) is 4.79 Å². The fourth-order valence-corrected chi connectivity index (χ4v) is 3.88. The van der Waals surface area contributed by atoms with Crippen LogP contribution >= 0.6 is 0 Å². The number of aromatic nitrogens is 3. The van der Waals surface area contributed by atoms with Gasteiger partial charge in [0.1, 0.15) is 11.6 Å². The average Bonchev–Trinajstić information content (AvgIpc) is 3.39. The molecule has 1 amide bonds. The van der Waals surface area contributed by atoms with Gasteiger partial charge in [-0.2, -0.15) is 0 Å². The van der Waals surface area contributed by atoms with E-state index in [-0.39, 0.29) is 5.91 Å². The lowest BCUT2D eigenvalue weighted by molar-refractivity contribution is 0.0746. The molecule has 1 aliphatic rings. The highest BCUT2D eigenvalue weighted by molar-refractivity contribution is 5.94. The van der Waals surface area contributed by atoms with Gasteiger partial charge in [0.25, 0.3) is 11.8 Å². The first-order valence-corrected chi connectivity index (χ1v) is 10.8. The van der Waals surface area contributed by atoms with Crippen LogP contribution in [0.5, 0.6) is 5.75 Å². The fourth-order valence-electron chi connectivity index (χ4n) is 3.88. The van der Waals surface area contributed by atoms with E-state index in [0.29, 0.717) is 43.5 Å². The normalized spacial score (nSPS) is 13.7. The van der Waals surface area contributed by atoms with Crippen molar-refractivity contribution >= 4 is 11.7 Å². The molecule has 1 saturated heterocycles. The van der Waals surface area contributed by atoms with Gasteiger partial charge in [0.15, 0.2) is 0 Å². The Bertz CT molecular complexity index is 1230. The number of ether oxygens (including phenoxy) is 1. The van der Waals surface area contributed by atoms with Crippen LogP contribution in [0.4, 0.5) is 5.82 Å². The molecule has 2 aromatic carbocycles. The second kappa shape index (κ2) is 9.12. The van der Waals surface area contributed by atoms with Gasteiger partial charge in [-0.15, -0.1) is 10.2 Å². The van der Waals surface area contributed by atoms with Crippen molar-refractivity contribution in [1.82, 2.24) is 20.1 Å². The van der Waals surface area contributed by atoms with Crippen LogP contribution < -0.4 is 9.64 Å². The summed E-state index contributed by atoms with van der Waals surface area (Å²) in [6.07, 6.45) is 1.75. The molecule has 5 rings (SSSR count). The van der Waals surface area contributed by atoms with Gasteiger partial charge in [-0.1, -0.05) is 18.2 Å². The molecule has 0 aliphatic carbocycles. The van der Waals surface area contributed by atoms with E-state index >= 15 is 0 Å². The first kappa shape index (κ1) is 20.7. The lowest BCUT2D eigenvalue weighted by atomic mass is 10.1. The van der Waals surface area contributed by atoms with E-state index < -0.39 is 0 Å². The average molecular weight is 441 g/mol. The summed E-state index contributed by atoms with van der Waals surface area (Å²) >= 11 is 0. The number of piperazine rings is 1. The molecule has 0 spiro atoms. The number of amides is 1. The molecule has 1 fully saturated rings. The Balaban J connectivity index is 1.33. The summed E-state index contributed by atoms with van der Waals surface area (Å²) in [6, 6.07) is 20.6. The van der Waals surface area contributed by atoms with E-state index in [1.165, 1.54) is 0 Å².